The maximum atomic E-state index is 12.3. The smallest absolute Gasteiger partial charge is 0.223 e. The van der Waals surface area contributed by atoms with E-state index >= 15 is 0 Å². The van der Waals surface area contributed by atoms with Crippen LogP contribution >= 0.6 is 0 Å². The van der Waals surface area contributed by atoms with Gasteiger partial charge in [-0.15, -0.1) is 0 Å². The molecule has 0 aliphatic carbocycles. The molecule has 1 saturated heterocycles. The molecule has 1 amide bonds. The standard InChI is InChI=1S/C18H26N2O2/c1-14-5-7-16(8-6-14)17(21)9-10-18(22)20-11-3-4-15(13-20)12-19-2/h5-8,15,19H,3-4,9-13H2,1-2H3. The molecule has 22 heavy (non-hydrogen) atoms. The second kappa shape index (κ2) is 8.08. The van der Waals surface area contributed by atoms with Gasteiger partial charge in [-0.25, -0.2) is 0 Å². The minimum absolute atomic E-state index is 0.0529. The van der Waals surface area contributed by atoms with Crippen molar-refractivity contribution in [3.63, 3.8) is 0 Å². The van der Waals surface area contributed by atoms with Crippen LogP contribution < -0.4 is 5.32 Å². The van der Waals surface area contributed by atoms with Crippen LogP contribution in [0.15, 0.2) is 24.3 Å². The molecule has 0 radical (unpaired) electrons. The van der Waals surface area contributed by atoms with Gasteiger partial charge in [-0.05, 0) is 39.3 Å². The van der Waals surface area contributed by atoms with Gasteiger partial charge in [-0.3, -0.25) is 9.59 Å². The largest absolute Gasteiger partial charge is 0.342 e. The fourth-order valence-corrected chi connectivity index (χ4v) is 3.01. The third-order valence-corrected chi connectivity index (χ3v) is 4.30. The van der Waals surface area contributed by atoms with E-state index < -0.39 is 0 Å². The number of nitrogens with one attached hydrogen (secondary N) is 1. The zero-order chi connectivity index (χ0) is 15.9. The molecule has 1 heterocycles. The highest BCUT2D eigenvalue weighted by atomic mass is 16.2. The van der Waals surface area contributed by atoms with Gasteiger partial charge in [-0.2, -0.15) is 0 Å². The average molecular weight is 302 g/mol. The van der Waals surface area contributed by atoms with Crippen molar-refractivity contribution in [3.8, 4) is 0 Å². The molecule has 0 aromatic heterocycles. The lowest BCUT2D eigenvalue weighted by atomic mass is 9.97. The molecule has 1 unspecified atom stereocenters. The Bertz CT molecular complexity index is 508. The monoisotopic (exact) mass is 302 g/mol. The average Bonchev–Trinajstić information content (AvgIpc) is 2.53. The van der Waals surface area contributed by atoms with Crippen molar-refractivity contribution in [2.75, 3.05) is 26.7 Å². The number of piperidine rings is 1. The van der Waals surface area contributed by atoms with Crippen molar-refractivity contribution in [3.05, 3.63) is 35.4 Å². The quantitative estimate of drug-likeness (QED) is 0.821. The van der Waals surface area contributed by atoms with Gasteiger partial charge in [0.15, 0.2) is 5.78 Å². The summed E-state index contributed by atoms with van der Waals surface area (Å²) >= 11 is 0. The van der Waals surface area contributed by atoms with E-state index in [9.17, 15) is 9.59 Å². The van der Waals surface area contributed by atoms with Crippen LogP contribution in [-0.4, -0.2) is 43.3 Å². The van der Waals surface area contributed by atoms with Crippen molar-refractivity contribution >= 4 is 11.7 Å². The van der Waals surface area contributed by atoms with Crippen LogP contribution in [0.5, 0.6) is 0 Å². The van der Waals surface area contributed by atoms with E-state index in [4.69, 9.17) is 0 Å². The molecule has 1 aromatic carbocycles. The van der Waals surface area contributed by atoms with Gasteiger partial charge in [0, 0.05) is 31.5 Å². The van der Waals surface area contributed by atoms with Crippen LogP contribution in [0.25, 0.3) is 0 Å². The first-order chi connectivity index (χ1) is 10.6. The van der Waals surface area contributed by atoms with E-state index in [1.54, 1.807) is 0 Å². The number of rotatable bonds is 6. The maximum absolute atomic E-state index is 12.3. The summed E-state index contributed by atoms with van der Waals surface area (Å²) in [7, 11) is 1.95. The van der Waals surface area contributed by atoms with Crippen LogP contribution in [0.2, 0.25) is 0 Å². The summed E-state index contributed by atoms with van der Waals surface area (Å²) in [5.41, 5.74) is 1.83. The Morgan fingerprint density at radius 1 is 1.23 bits per heavy atom. The van der Waals surface area contributed by atoms with Gasteiger partial charge in [0.05, 0.1) is 0 Å². The molecule has 4 nitrogen and oxygen atoms in total. The van der Waals surface area contributed by atoms with Gasteiger partial charge in [0.25, 0.3) is 0 Å². The molecule has 2 rings (SSSR count). The Hall–Kier alpha value is -1.68. The lowest BCUT2D eigenvalue weighted by Crippen LogP contribution is -2.42. The summed E-state index contributed by atoms with van der Waals surface area (Å²) in [6.07, 6.45) is 2.85. The molecule has 1 aliphatic heterocycles. The molecule has 1 aromatic rings. The number of ketones is 1. The highest BCUT2D eigenvalue weighted by molar-refractivity contribution is 5.97. The molecule has 1 N–H and O–H groups in total. The van der Waals surface area contributed by atoms with Crippen molar-refractivity contribution in [2.45, 2.75) is 32.6 Å². The molecule has 1 aliphatic rings. The fourth-order valence-electron chi connectivity index (χ4n) is 3.01. The number of amides is 1. The lowest BCUT2D eigenvalue weighted by molar-refractivity contribution is -0.132. The SMILES string of the molecule is CNCC1CCCN(C(=O)CCC(=O)c2ccc(C)cc2)C1. The number of nitrogens with zero attached hydrogens (tertiary/aromatic N) is 1. The molecular weight excluding hydrogens is 276 g/mol. The van der Waals surface area contributed by atoms with Crippen LogP contribution in [0, 0.1) is 12.8 Å². The second-order valence-electron chi connectivity index (χ2n) is 6.19. The molecular formula is C18H26N2O2. The summed E-state index contributed by atoms with van der Waals surface area (Å²) in [5, 5.41) is 3.18. The first-order valence-electron chi connectivity index (χ1n) is 8.12. The number of likely N-dealkylation sites (tertiary alicyclic amines) is 1. The highest BCUT2D eigenvalue weighted by Gasteiger charge is 2.23. The van der Waals surface area contributed by atoms with E-state index in [0.29, 0.717) is 24.3 Å². The predicted molar refractivity (Wildman–Crippen MR) is 88.0 cm³/mol. The highest BCUT2D eigenvalue weighted by Crippen LogP contribution is 2.17. The molecule has 1 atom stereocenters. The number of hydrogen-bond donors (Lipinski definition) is 1. The Labute approximate surface area is 132 Å². The summed E-state index contributed by atoms with van der Waals surface area (Å²) in [4.78, 5) is 26.3. The summed E-state index contributed by atoms with van der Waals surface area (Å²) in [6, 6.07) is 7.54. The van der Waals surface area contributed by atoms with Gasteiger partial charge in [0.2, 0.25) is 5.91 Å². The minimum atomic E-state index is 0.0529. The summed E-state index contributed by atoms with van der Waals surface area (Å²) in [5.74, 6) is 0.703. The Kier molecular flexibility index (Phi) is 6.13. The molecule has 1 fully saturated rings. The number of carbonyl (C=O) groups excluding carboxylic acids is 2. The third kappa shape index (κ3) is 4.67. The first-order valence-corrected chi connectivity index (χ1v) is 8.12. The van der Waals surface area contributed by atoms with E-state index in [1.165, 1.54) is 6.42 Å². The maximum Gasteiger partial charge on any atom is 0.223 e. The van der Waals surface area contributed by atoms with E-state index in [1.807, 2.05) is 43.1 Å². The minimum Gasteiger partial charge on any atom is -0.342 e. The van der Waals surface area contributed by atoms with Gasteiger partial charge in [0.1, 0.15) is 0 Å². The van der Waals surface area contributed by atoms with Crippen molar-refractivity contribution in [1.82, 2.24) is 10.2 Å². The van der Waals surface area contributed by atoms with Crippen LogP contribution in [-0.2, 0) is 4.79 Å². The van der Waals surface area contributed by atoms with Crippen LogP contribution in [0.3, 0.4) is 0 Å². The predicted octanol–water partition coefficient (Wildman–Crippen LogP) is 2.42. The van der Waals surface area contributed by atoms with E-state index in [0.717, 1.165) is 31.6 Å². The lowest BCUT2D eigenvalue weighted by Gasteiger charge is -2.32. The number of aryl methyl sites for hydroxylation is 1. The molecule has 0 spiro atoms. The van der Waals surface area contributed by atoms with E-state index in [2.05, 4.69) is 5.32 Å². The number of carbonyl (C=O) groups is 2. The topological polar surface area (TPSA) is 49.4 Å². The number of Topliss-reactive ketones (excluding diaryl/α,β-unsaturated/α-hetero) is 1. The first kappa shape index (κ1) is 16.7. The molecule has 0 bridgehead atoms. The number of hydrogen-bond acceptors (Lipinski definition) is 3. The molecule has 0 saturated carbocycles. The van der Waals surface area contributed by atoms with Gasteiger partial charge in [-0.1, -0.05) is 29.8 Å². The number of benzene rings is 1. The molecule has 120 valence electrons. The zero-order valence-electron chi connectivity index (χ0n) is 13.6. The van der Waals surface area contributed by atoms with Gasteiger partial charge < -0.3 is 10.2 Å². The fraction of sp³-hybridized carbons (Fsp3) is 0.556. The van der Waals surface area contributed by atoms with Crippen molar-refractivity contribution in [2.24, 2.45) is 5.92 Å². The third-order valence-electron chi connectivity index (χ3n) is 4.30. The summed E-state index contributed by atoms with van der Waals surface area (Å²) < 4.78 is 0. The van der Waals surface area contributed by atoms with Crippen molar-refractivity contribution < 1.29 is 9.59 Å². The van der Waals surface area contributed by atoms with Crippen molar-refractivity contribution in [1.29, 1.82) is 0 Å². The normalized spacial score (nSPS) is 18.3. The Morgan fingerprint density at radius 3 is 2.64 bits per heavy atom. The van der Waals surface area contributed by atoms with Crippen LogP contribution in [0.4, 0.5) is 0 Å². The molecule has 4 heteroatoms. The Morgan fingerprint density at radius 2 is 1.95 bits per heavy atom. The zero-order valence-corrected chi connectivity index (χ0v) is 13.6. The Balaban J connectivity index is 1.81. The summed E-state index contributed by atoms with van der Waals surface area (Å²) in [6.45, 7) is 4.60. The van der Waals surface area contributed by atoms with Gasteiger partial charge >= 0.3 is 0 Å². The van der Waals surface area contributed by atoms with Crippen LogP contribution in [0.1, 0.15) is 41.6 Å². The van der Waals surface area contributed by atoms with E-state index in [-0.39, 0.29) is 11.7 Å². The second-order valence-corrected chi connectivity index (χ2v) is 6.19.